The van der Waals surface area contributed by atoms with Gasteiger partial charge in [0.25, 0.3) is 0 Å². The number of ether oxygens (including phenoxy) is 2. The molecule has 0 bridgehead atoms. The fourth-order valence-electron chi connectivity index (χ4n) is 1.73. The van der Waals surface area contributed by atoms with E-state index in [0.29, 0.717) is 13.2 Å². The number of aryl methyl sites for hydroxylation is 1. The summed E-state index contributed by atoms with van der Waals surface area (Å²) < 4.78 is 9.86. The van der Waals surface area contributed by atoms with Gasteiger partial charge in [-0.1, -0.05) is 36.8 Å². The monoisotopic (exact) mass is 249 g/mol. The SMILES string of the molecule is O=[C]OCCCOCCCCCc1ccccc1. The van der Waals surface area contributed by atoms with Crippen LogP contribution in [0.3, 0.4) is 0 Å². The molecule has 0 saturated heterocycles. The molecule has 1 radical (unpaired) electrons. The molecular formula is C15H21O3. The Hall–Kier alpha value is -1.35. The van der Waals surface area contributed by atoms with Crippen molar-refractivity contribution in [3.8, 4) is 0 Å². The van der Waals surface area contributed by atoms with Gasteiger partial charge in [-0.05, 0) is 24.8 Å². The van der Waals surface area contributed by atoms with Crippen molar-refractivity contribution in [3.63, 3.8) is 0 Å². The predicted molar refractivity (Wildman–Crippen MR) is 71.1 cm³/mol. The molecule has 0 aliphatic rings. The average molecular weight is 249 g/mol. The lowest BCUT2D eigenvalue weighted by molar-refractivity contribution is 0.113. The van der Waals surface area contributed by atoms with Crippen LogP contribution in [-0.2, 0) is 20.7 Å². The highest BCUT2D eigenvalue weighted by atomic mass is 16.5. The quantitative estimate of drug-likeness (QED) is 0.566. The molecule has 0 aliphatic carbocycles. The zero-order valence-electron chi connectivity index (χ0n) is 10.8. The second-order valence-electron chi connectivity index (χ2n) is 4.19. The molecule has 3 nitrogen and oxygen atoms in total. The molecule has 0 aliphatic heterocycles. The minimum atomic E-state index is 0.400. The Balaban J connectivity index is 1.83. The van der Waals surface area contributed by atoms with Crippen LogP contribution in [-0.4, -0.2) is 26.3 Å². The van der Waals surface area contributed by atoms with E-state index in [2.05, 4.69) is 29.0 Å². The number of carbonyl (C=O) groups excluding carboxylic acids is 1. The van der Waals surface area contributed by atoms with Gasteiger partial charge in [-0.15, -0.1) is 0 Å². The first-order valence-electron chi connectivity index (χ1n) is 6.54. The van der Waals surface area contributed by atoms with E-state index in [9.17, 15) is 4.79 Å². The number of benzene rings is 1. The van der Waals surface area contributed by atoms with Crippen molar-refractivity contribution in [3.05, 3.63) is 35.9 Å². The molecule has 1 aromatic rings. The van der Waals surface area contributed by atoms with Crippen LogP contribution in [0.1, 0.15) is 31.2 Å². The Morgan fingerprint density at radius 2 is 1.67 bits per heavy atom. The summed E-state index contributed by atoms with van der Waals surface area (Å²) in [4.78, 5) is 9.74. The first-order valence-corrected chi connectivity index (χ1v) is 6.54. The molecule has 0 N–H and O–H groups in total. The molecule has 0 atom stereocenters. The maximum absolute atomic E-state index is 9.74. The highest BCUT2D eigenvalue weighted by molar-refractivity contribution is 5.37. The Morgan fingerprint density at radius 1 is 0.889 bits per heavy atom. The summed E-state index contributed by atoms with van der Waals surface area (Å²) in [6, 6.07) is 10.5. The van der Waals surface area contributed by atoms with Crippen molar-refractivity contribution in [1.82, 2.24) is 0 Å². The van der Waals surface area contributed by atoms with E-state index in [4.69, 9.17) is 4.74 Å². The van der Waals surface area contributed by atoms with E-state index in [-0.39, 0.29) is 0 Å². The molecule has 18 heavy (non-hydrogen) atoms. The van der Waals surface area contributed by atoms with Gasteiger partial charge < -0.3 is 9.47 Å². The third-order valence-corrected chi connectivity index (χ3v) is 2.69. The molecule has 0 aromatic heterocycles. The van der Waals surface area contributed by atoms with Gasteiger partial charge in [-0.25, -0.2) is 4.79 Å². The summed E-state index contributed by atoms with van der Waals surface area (Å²) in [7, 11) is 0. The topological polar surface area (TPSA) is 35.5 Å². The van der Waals surface area contributed by atoms with E-state index < -0.39 is 0 Å². The van der Waals surface area contributed by atoms with Gasteiger partial charge in [0.2, 0.25) is 0 Å². The van der Waals surface area contributed by atoms with Crippen molar-refractivity contribution in [1.29, 1.82) is 0 Å². The average Bonchev–Trinajstić information content (AvgIpc) is 2.42. The Morgan fingerprint density at radius 3 is 2.44 bits per heavy atom. The van der Waals surface area contributed by atoms with Gasteiger partial charge in [0, 0.05) is 19.6 Å². The molecule has 0 amide bonds. The third-order valence-electron chi connectivity index (χ3n) is 2.69. The molecule has 0 saturated carbocycles. The van der Waals surface area contributed by atoms with Crippen LogP contribution in [0, 0.1) is 0 Å². The van der Waals surface area contributed by atoms with Crippen LogP contribution in [0.5, 0.6) is 0 Å². The highest BCUT2D eigenvalue weighted by Gasteiger charge is 1.94. The molecule has 1 aromatic carbocycles. The zero-order valence-corrected chi connectivity index (χ0v) is 10.8. The minimum Gasteiger partial charge on any atom is -0.457 e. The van der Waals surface area contributed by atoms with Crippen LogP contribution in [0.4, 0.5) is 0 Å². The summed E-state index contributed by atoms with van der Waals surface area (Å²) in [5.74, 6) is 0. The lowest BCUT2D eigenvalue weighted by Crippen LogP contribution is -2.01. The molecule has 3 heteroatoms. The summed E-state index contributed by atoms with van der Waals surface area (Å²) in [6.45, 7) is 3.24. The van der Waals surface area contributed by atoms with Crippen molar-refractivity contribution in [2.24, 2.45) is 0 Å². The molecule has 0 unspecified atom stereocenters. The summed E-state index contributed by atoms with van der Waals surface area (Å²) in [5, 5.41) is 0. The first-order chi connectivity index (χ1) is 8.93. The Labute approximate surface area is 109 Å². The van der Waals surface area contributed by atoms with E-state index in [0.717, 1.165) is 25.9 Å². The van der Waals surface area contributed by atoms with Crippen molar-refractivity contribution < 1.29 is 14.3 Å². The van der Waals surface area contributed by atoms with Crippen molar-refractivity contribution in [2.75, 3.05) is 19.8 Å². The maximum Gasteiger partial charge on any atom is 0.417 e. The second-order valence-corrected chi connectivity index (χ2v) is 4.19. The molecular weight excluding hydrogens is 228 g/mol. The van der Waals surface area contributed by atoms with Crippen molar-refractivity contribution >= 4 is 6.47 Å². The van der Waals surface area contributed by atoms with Gasteiger partial charge in [-0.3, -0.25) is 0 Å². The van der Waals surface area contributed by atoms with E-state index in [1.165, 1.54) is 24.9 Å². The molecule has 0 spiro atoms. The number of rotatable bonds is 11. The fraction of sp³-hybridized carbons (Fsp3) is 0.533. The number of hydrogen-bond acceptors (Lipinski definition) is 3. The van der Waals surface area contributed by atoms with Crippen LogP contribution < -0.4 is 0 Å². The smallest absolute Gasteiger partial charge is 0.417 e. The maximum atomic E-state index is 9.74. The van der Waals surface area contributed by atoms with Gasteiger partial charge in [-0.2, -0.15) is 0 Å². The van der Waals surface area contributed by atoms with Crippen LogP contribution >= 0.6 is 0 Å². The van der Waals surface area contributed by atoms with E-state index >= 15 is 0 Å². The van der Waals surface area contributed by atoms with Gasteiger partial charge in [0.05, 0.1) is 6.61 Å². The first kappa shape index (κ1) is 14.7. The lowest BCUT2D eigenvalue weighted by Gasteiger charge is -2.04. The van der Waals surface area contributed by atoms with Crippen LogP contribution in [0.2, 0.25) is 0 Å². The fourth-order valence-corrected chi connectivity index (χ4v) is 1.73. The van der Waals surface area contributed by atoms with Gasteiger partial charge >= 0.3 is 6.47 Å². The molecule has 1 rings (SSSR count). The zero-order chi connectivity index (χ0) is 12.9. The highest BCUT2D eigenvalue weighted by Crippen LogP contribution is 2.06. The normalized spacial score (nSPS) is 10.2. The van der Waals surface area contributed by atoms with Crippen LogP contribution in [0.25, 0.3) is 0 Å². The van der Waals surface area contributed by atoms with Crippen LogP contribution in [0.15, 0.2) is 30.3 Å². The summed E-state index contributed by atoms with van der Waals surface area (Å²) >= 11 is 0. The third kappa shape index (κ3) is 7.85. The van der Waals surface area contributed by atoms with Crippen molar-refractivity contribution in [2.45, 2.75) is 32.1 Å². The van der Waals surface area contributed by atoms with E-state index in [1.807, 2.05) is 6.07 Å². The van der Waals surface area contributed by atoms with Gasteiger partial charge in [0.15, 0.2) is 0 Å². The number of hydrogen-bond donors (Lipinski definition) is 0. The summed E-state index contributed by atoms with van der Waals surface area (Å²) in [6.07, 6.45) is 5.38. The largest absolute Gasteiger partial charge is 0.457 e. The van der Waals surface area contributed by atoms with Gasteiger partial charge in [0.1, 0.15) is 0 Å². The summed E-state index contributed by atoms with van der Waals surface area (Å²) in [5.41, 5.74) is 1.40. The molecule has 0 heterocycles. The standard InChI is InChI=1S/C15H21O3/c16-14-18-13-7-12-17-11-6-2-5-10-15-8-3-1-4-9-15/h1,3-4,8-9H,2,5-7,10-13H2. The lowest BCUT2D eigenvalue weighted by atomic mass is 10.1. The number of unbranched alkanes of at least 4 members (excludes halogenated alkanes) is 2. The Kier molecular flexibility index (Phi) is 8.81. The second kappa shape index (κ2) is 10.8. The Bertz CT molecular complexity index is 298. The predicted octanol–water partition coefficient (Wildman–Crippen LogP) is 2.89. The minimum absolute atomic E-state index is 0.400. The van der Waals surface area contributed by atoms with E-state index in [1.54, 1.807) is 0 Å². The molecule has 99 valence electrons. The molecule has 0 fully saturated rings.